The molecule has 2 rings (SSSR count). The summed E-state index contributed by atoms with van der Waals surface area (Å²) >= 11 is 0. The molecular weight excluding hydrogens is 231 g/mol. The van der Waals surface area contributed by atoms with Gasteiger partial charge in [0.1, 0.15) is 18.2 Å². The van der Waals surface area contributed by atoms with Crippen molar-refractivity contribution >= 4 is 0 Å². The first-order chi connectivity index (χ1) is 8.66. The lowest BCUT2D eigenvalue weighted by molar-refractivity contribution is 0.304. The highest BCUT2D eigenvalue weighted by molar-refractivity contribution is 5.30. The van der Waals surface area contributed by atoms with E-state index in [1.54, 1.807) is 31.5 Å². The van der Waals surface area contributed by atoms with Crippen LogP contribution in [0.25, 0.3) is 0 Å². The Morgan fingerprint density at radius 1 is 1.39 bits per heavy atom. The van der Waals surface area contributed by atoms with Crippen molar-refractivity contribution in [2.45, 2.75) is 19.6 Å². The van der Waals surface area contributed by atoms with E-state index in [0.29, 0.717) is 17.9 Å². The Morgan fingerprint density at radius 3 is 2.83 bits per heavy atom. The number of hydrogen-bond donors (Lipinski definition) is 1. The molecule has 0 saturated carbocycles. The first-order valence-electron chi connectivity index (χ1n) is 5.73. The fraction of sp³-hybridized carbons (Fsp3) is 0.214. The molecule has 0 fully saturated rings. The average molecular weight is 246 g/mol. The second-order valence-corrected chi connectivity index (χ2v) is 4.12. The number of nitrogens with two attached hydrogens (primary N) is 1. The summed E-state index contributed by atoms with van der Waals surface area (Å²) in [5.41, 5.74) is 7.07. The van der Waals surface area contributed by atoms with Gasteiger partial charge < -0.3 is 10.5 Å². The third-order valence-corrected chi connectivity index (χ3v) is 2.59. The Morgan fingerprint density at radius 2 is 2.22 bits per heavy atom. The zero-order valence-electron chi connectivity index (χ0n) is 10.1. The van der Waals surface area contributed by atoms with Crippen LogP contribution in [-0.2, 0) is 6.61 Å². The third-order valence-electron chi connectivity index (χ3n) is 2.59. The number of aromatic nitrogens is 1. The van der Waals surface area contributed by atoms with Gasteiger partial charge in [0.15, 0.2) is 0 Å². The molecular formula is C14H15FN2O. The van der Waals surface area contributed by atoms with Gasteiger partial charge in [-0.1, -0.05) is 12.1 Å². The summed E-state index contributed by atoms with van der Waals surface area (Å²) in [5, 5.41) is 0. The van der Waals surface area contributed by atoms with Crippen molar-refractivity contribution < 1.29 is 9.13 Å². The van der Waals surface area contributed by atoms with Gasteiger partial charge in [-0.25, -0.2) is 4.39 Å². The molecule has 0 aliphatic carbocycles. The number of nitrogens with zero attached hydrogens (tertiary/aromatic N) is 1. The van der Waals surface area contributed by atoms with E-state index in [4.69, 9.17) is 10.5 Å². The van der Waals surface area contributed by atoms with Crippen molar-refractivity contribution in [1.29, 1.82) is 0 Å². The molecule has 0 radical (unpaired) electrons. The van der Waals surface area contributed by atoms with Crippen molar-refractivity contribution in [3.05, 3.63) is 59.7 Å². The van der Waals surface area contributed by atoms with Gasteiger partial charge in [-0.05, 0) is 19.1 Å². The Bertz CT molecular complexity index is 514. The van der Waals surface area contributed by atoms with E-state index in [2.05, 4.69) is 4.98 Å². The van der Waals surface area contributed by atoms with E-state index in [9.17, 15) is 4.39 Å². The van der Waals surface area contributed by atoms with Crippen LogP contribution >= 0.6 is 0 Å². The highest BCUT2D eigenvalue weighted by atomic mass is 19.1. The summed E-state index contributed by atoms with van der Waals surface area (Å²) in [6.45, 7) is 2.11. The van der Waals surface area contributed by atoms with Gasteiger partial charge >= 0.3 is 0 Å². The second-order valence-electron chi connectivity index (χ2n) is 4.12. The minimum absolute atomic E-state index is 0.322. The molecule has 1 aromatic heterocycles. The van der Waals surface area contributed by atoms with Crippen LogP contribution in [0.5, 0.6) is 5.75 Å². The lowest BCUT2D eigenvalue weighted by Gasteiger charge is -2.10. The van der Waals surface area contributed by atoms with E-state index < -0.39 is 0 Å². The van der Waals surface area contributed by atoms with Gasteiger partial charge in [0, 0.05) is 35.6 Å². The van der Waals surface area contributed by atoms with Crippen molar-refractivity contribution in [3.8, 4) is 5.75 Å². The predicted molar refractivity (Wildman–Crippen MR) is 67.6 cm³/mol. The molecule has 0 bridgehead atoms. The van der Waals surface area contributed by atoms with Crippen LogP contribution in [0.2, 0.25) is 0 Å². The van der Waals surface area contributed by atoms with E-state index in [-0.39, 0.29) is 11.9 Å². The lowest BCUT2D eigenvalue weighted by Crippen LogP contribution is -2.07. The van der Waals surface area contributed by atoms with Crippen LogP contribution < -0.4 is 10.5 Å². The van der Waals surface area contributed by atoms with Crippen LogP contribution in [0.3, 0.4) is 0 Å². The fourth-order valence-corrected chi connectivity index (χ4v) is 1.62. The summed E-state index contributed by atoms with van der Waals surface area (Å²) in [4.78, 5) is 3.98. The molecule has 0 unspecified atom stereocenters. The molecule has 0 saturated heterocycles. The van der Waals surface area contributed by atoms with Crippen molar-refractivity contribution in [3.63, 3.8) is 0 Å². The Labute approximate surface area is 105 Å². The van der Waals surface area contributed by atoms with Gasteiger partial charge in [-0.3, -0.25) is 4.98 Å². The lowest BCUT2D eigenvalue weighted by atomic mass is 10.1. The number of pyridine rings is 1. The molecule has 0 aliphatic heterocycles. The smallest absolute Gasteiger partial charge is 0.131 e. The molecule has 1 heterocycles. The highest BCUT2D eigenvalue weighted by Gasteiger charge is 2.08. The zero-order valence-corrected chi connectivity index (χ0v) is 10.1. The molecule has 0 amide bonds. The van der Waals surface area contributed by atoms with E-state index in [1.807, 2.05) is 12.1 Å². The maximum atomic E-state index is 13.7. The first kappa shape index (κ1) is 12.5. The Balaban J connectivity index is 2.05. The minimum atomic E-state index is -0.339. The quantitative estimate of drug-likeness (QED) is 0.902. The Kier molecular flexibility index (Phi) is 3.89. The topological polar surface area (TPSA) is 48.1 Å². The van der Waals surface area contributed by atoms with Crippen molar-refractivity contribution in [2.24, 2.45) is 5.73 Å². The highest BCUT2D eigenvalue weighted by Crippen LogP contribution is 2.21. The Hall–Kier alpha value is -1.94. The van der Waals surface area contributed by atoms with Gasteiger partial charge in [0.25, 0.3) is 0 Å². The number of benzene rings is 1. The minimum Gasteiger partial charge on any atom is -0.489 e. The number of hydrogen-bond acceptors (Lipinski definition) is 3. The molecule has 18 heavy (non-hydrogen) atoms. The van der Waals surface area contributed by atoms with Crippen LogP contribution in [0, 0.1) is 5.82 Å². The maximum absolute atomic E-state index is 13.7. The molecule has 3 nitrogen and oxygen atoms in total. The number of ether oxygens (including phenoxy) is 1. The summed E-state index contributed by atoms with van der Waals surface area (Å²) in [7, 11) is 0. The molecule has 2 N–H and O–H groups in total. The monoisotopic (exact) mass is 246 g/mol. The summed E-state index contributed by atoms with van der Waals surface area (Å²) in [5.74, 6) is 0.148. The van der Waals surface area contributed by atoms with Gasteiger partial charge in [-0.2, -0.15) is 0 Å². The fourth-order valence-electron chi connectivity index (χ4n) is 1.62. The van der Waals surface area contributed by atoms with Crippen LogP contribution in [0.15, 0.2) is 42.7 Å². The standard InChI is InChI=1S/C14H15FN2O/c1-10(16)13-5-4-12(7-14(13)15)18-9-11-3-2-6-17-8-11/h2-8,10H,9,16H2,1H3/t10-/m0/s1. The molecule has 0 aliphatic rings. The van der Waals surface area contributed by atoms with E-state index in [1.165, 1.54) is 6.07 Å². The van der Waals surface area contributed by atoms with Crippen molar-refractivity contribution in [1.82, 2.24) is 4.98 Å². The normalized spacial score (nSPS) is 12.2. The number of rotatable bonds is 4. The summed E-state index contributed by atoms with van der Waals surface area (Å²) in [6.07, 6.45) is 3.41. The largest absolute Gasteiger partial charge is 0.489 e. The molecule has 94 valence electrons. The first-order valence-corrected chi connectivity index (χ1v) is 5.73. The van der Waals surface area contributed by atoms with Crippen molar-refractivity contribution in [2.75, 3.05) is 0 Å². The maximum Gasteiger partial charge on any atom is 0.131 e. The summed E-state index contributed by atoms with van der Waals surface area (Å²) < 4.78 is 19.1. The van der Waals surface area contributed by atoms with E-state index in [0.717, 1.165) is 5.56 Å². The second kappa shape index (κ2) is 5.60. The zero-order chi connectivity index (χ0) is 13.0. The van der Waals surface area contributed by atoms with Gasteiger partial charge in [0.05, 0.1) is 0 Å². The van der Waals surface area contributed by atoms with Gasteiger partial charge in [0.2, 0.25) is 0 Å². The van der Waals surface area contributed by atoms with Crippen LogP contribution in [0.1, 0.15) is 24.1 Å². The SMILES string of the molecule is C[C@H](N)c1ccc(OCc2cccnc2)cc1F. The summed E-state index contributed by atoms with van der Waals surface area (Å²) in [6, 6.07) is 8.14. The van der Waals surface area contributed by atoms with E-state index >= 15 is 0 Å². The molecule has 2 aromatic rings. The molecule has 0 spiro atoms. The molecule has 1 aromatic carbocycles. The third kappa shape index (κ3) is 3.05. The average Bonchev–Trinajstić information content (AvgIpc) is 2.37. The predicted octanol–water partition coefficient (Wildman–Crippen LogP) is 2.82. The molecule has 1 atom stereocenters. The van der Waals surface area contributed by atoms with Crippen LogP contribution in [-0.4, -0.2) is 4.98 Å². The number of halogens is 1. The van der Waals surface area contributed by atoms with Gasteiger partial charge in [-0.15, -0.1) is 0 Å². The van der Waals surface area contributed by atoms with Crippen LogP contribution in [0.4, 0.5) is 4.39 Å². The molecule has 4 heteroatoms.